The van der Waals surface area contributed by atoms with Gasteiger partial charge in [0.15, 0.2) is 6.29 Å². The van der Waals surface area contributed by atoms with Crippen molar-refractivity contribution in [3.05, 3.63) is 29.3 Å². The Morgan fingerprint density at radius 2 is 2.07 bits per heavy atom. The molecule has 0 aliphatic rings. The Kier molecular flexibility index (Phi) is 3.23. The maximum absolute atomic E-state index is 11.2. The summed E-state index contributed by atoms with van der Waals surface area (Å²) < 4.78 is 9.43. The predicted octanol–water partition coefficient (Wildman–Crippen LogP) is 1.29. The van der Waals surface area contributed by atoms with Crippen molar-refractivity contribution in [1.82, 2.24) is 0 Å². The van der Waals surface area contributed by atoms with Crippen LogP contribution < -0.4 is 4.74 Å². The van der Waals surface area contributed by atoms with Gasteiger partial charge in [0, 0.05) is 5.56 Å². The second-order valence-corrected chi connectivity index (χ2v) is 2.56. The summed E-state index contributed by atoms with van der Waals surface area (Å²) in [5.74, 6) is -0.00509. The van der Waals surface area contributed by atoms with Gasteiger partial charge in [-0.05, 0) is 18.2 Å². The number of carbonyl (C=O) groups excluding carboxylic acids is 2. The van der Waals surface area contributed by atoms with E-state index in [9.17, 15) is 9.59 Å². The average molecular weight is 194 g/mol. The lowest BCUT2D eigenvalue weighted by Crippen LogP contribution is -2.05. The van der Waals surface area contributed by atoms with Crippen LogP contribution in [0.2, 0.25) is 0 Å². The first-order valence-electron chi connectivity index (χ1n) is 3.94. The van der Waals surface area contributed by atoms with Gasteiger partial charge in [-0.25, -0.2) is 4.79 Å². The zero-order valence-electron chi connectivity index (χ0n) is 7.94. The van der Waals surface area contributed by atoms with Crippen LogP contribution in [0.1, 0.15) is 20.7 Å². The second kappa shape index (κ2) is 4.41. The van der Waals surface area contributed by atoms with Crippen LogP contribution in [0.15, 0.2) is 18.2 Å². The third-order valence-corrected chi connectivity index (χ3v) is 1.79. The summed E-state index contributed by atoms with van der Waals surface area (Å²) in [5.41, 5.74) is 0.500. The van der Waals surface area contributed by atoms with Crippen LogP contribution in [0.25, 0.3) is 0 Å². The molecule has 1 aromatic rings. The smallest absolute Gasteiger partial charge is 0.338 e. The van der Waals surface area contributed by atoms with Crippen LogP contribution in [-0.2, 0) is 4.74 Å². The molecule has 0 amide bonds. The first kappa shape index (κ1) is 10.2. The molecule has 0 aromatic heterocycles. The number of esters is 1. The average Bonchev–Trinajstić information content (AvgIpc) is 2.27. The quantitative estimate of drug-likeness (QED) is 0.537. The van der Waals surface area contributed by atoms with E-state index < -0.39 is 5.97 Å². The second-order valence-electron chi connectivity index (χ2n) is 2.56. The van der Waals surface area contributed by atoms with Gasteiger partial charge in [-0.2, -0.15) is 0 Å². The maximum Gasteiger partial charge on any atom is 0.338 e. The van der Waals surface area contributed by atoms with Gasteiger partial charge >= 0.3 is 5.97 Å². The van der Waals surface area contributed by atoms with Crippen LogP contribution in [0.5, 0.6) is 5.75 Å². The molecule has 14 heavy (non-hydrogen) atoms. The minimum absolute atomic E-state index is 0.239. The minimum atomic E-state index is -0.533. The molecular formula is C10H10O4. The lowest BCUT2D eigenvalue weighted by atomic mass is 10.1. The Morgan fingerprint density at radius 1 is 1.36 bits per heavy atom. The Morgan fingerprint density at radius 3 is 2.57 bits per heavy atom. The summed E-state index contributed by atoms with van der Waals surface area (Å²) >= 11 is 0. The predicted molar refractivity (Wildman–Crippen MR) is 49.7 cm³/mol. The summed E-state index contributed by atoms with van der Waals surface area (Å²) in [4.78, 5) is 21.8. The van der Waals surface area contributed by atoms with Gasteiger partial charge < -0.3 is 9.47 Å². The third kappa shape index (κ3) is 1.90. The Bertz CT molecular complexity index is 357. The molecule has 1 rings (SSSR count). The molecular weight excluding hydrogens is 184 g/mol. The van der Waals surface area contributed by atoms with Gasteiger partial charge in [0.25, 0.3) is 0 Å². The Balaban J connectivity index is 3.17. The summed E-state index contributed by atoms with van der Waals surface area (Å²) in [7, 11) is 2.75. The molecule has 0 bridgehead atoms. The van der Waals surface area contributed by atoms with E-state index in [1.807, 2.05) is 0 Å². The van der Waals surface area contributed by atoms with Crippen molar-refractivity contribution in [3.8, 4) is 5.75 Å². The lowest BCUT2D eigenvalue weighted by molar-refractivity contribution is 0.0598. The first-order chi connectivity index (χ1) is 6.72. The molecule has 0 N–H and O–H groups in total. The largest absolute Gasteiger partial charge is 0.497 e. The highest BCUT2D eigenvalue weighted by Crippen LogP contribution is 2.16. The van der Waals surface area contributed by atoms with Gasteiger partial charge in [0.05, 0.1) is 19.8 Å². The highest BCUT2D eigenvalue weighted by Gasteiger charge is 2.11. The molecule has 4 heteroatoms. The number of ether oxygens (including phenoxy) is 2. The van der Waals surface area contributed by atoms with E-state index in [4.69, 9.17) is 4.74 Å². The van der Waals surface area contributed by atoms with Crippen LogP contribution in [0.4, 0.5) is 0 Å². The normalized spacial score (nSPS) is 9.29. The highest BCUT2D eigenvalue weighted by atomic mass is 16.5. The SMILES string of the molecule is COC(=O)c1ccc(OC)cc1C=O. The Hall–Kier alpha value is -1.84. The summed E-state index contributed by atoms with van der Waals surface area (Å²) in [6.45, 7) is 0. The van der Waals surface area contributed by atoms with Crippen molar-refractivity contribution in [2.45, 2.75) is 0 Å². The number of rotatable bonds is 3. The number of hydrogen-bond acceptors (Lipinski definition) is 4. The van der Waals surface area contributed by atoms with Crippen LogP contribution in [0, 0.1) is 0 Å². The summed E-state index contributed by atoms with van der Waals surface area (Å²) in [5, 5.41) is 0. The standard InChI is InChI=1S/C10H10O4/c1-13-8-3-4-9(10(12)14-2)7(5-8)6-11/h3-6H,1-2H3. The van der Waals surface area contributed by atoms with Crippen molar-refractivity contribution >= 4 is 12.3 Å². The van der Waals surface area contributed by atoms with Crippen LogP contribution >= 0.6 is 0 Å². The van der Waals surface area contributed by atoms with Crippen molar-refractivity contribution in [2.24, 2.45) is 0 Å². The topological polar surface area (TPSA) is 52.6 Å². The molecule has 0 fully saturated rings. The fourth-order valence-corrected chi connectivity index (χ4v) is 1.06. The molecule has 0 aliphatic carbocycles. The van der Waals surface area contributed by atoms with Gasteiger partial charge in [0.2, 0.25) is 0 Å². The molecule has 0 atom stereocenters. The number of carbonyl (C=O) groups is 2. The van der Waals surface area contributed by atoms with Crippen molar-refractivity contribution in [1.29, 1.82) is 0 Å². The molecule has 0 spiro atoms. The highest BCUT2D eigenvalue weighted by molar-refractivity contribution is 5.98. The molecule has 0 radical (unpaired) electrons. The summed E-state index contributed by atoms with van der Waals surface area (Å²) in [6, 6.07) is 4.58. The van der Waals surface area contributed by atoms with Gasteiger partial charge in [-0.3, -0.25) is 4.79 Å². The van der Waals surface area contributed by atoms with Crippen molar-refractivity contribution < 1.29 is 19.1 Å². The molecule has 0 saturated carbocycles. The first-order valence-corrected chi connectivity index (χ1v) is 3.94. The molecule has 0 heterocycles. The van der Waals surface area contributed by atoms with E-state index >= 15 is 0 Å². The van der Waals surface area contributed by atoms with Crippen LogP contribution in [-0.4, -0.2) is 26.5 Å². The third-order valence-electron chi connectivity index (χ3n) is 1.79. The number of methoxy groups -OCH3 is 2. The van der Waals surface area contributed by atoms with Crippen molar-refractivity contribution in [2.75, 3.05) is 14.2 Å². The molecule has 4 nitrogen and oxygen atoms in total. The minimum Gasteiger partial charge on any atom is -0.497 e. The van der Waals surface area contributed by atoms with Crippen molar-refractivity contribution in [3.63, 3.8) is 0 Å². The van der Waals surface area contributed by atoms with Gasteiger partial charge in [0.1, 0.15) is 5.75 Å². The van der Waals surface area contributed by atoms with E-state index in [0.717, 1.165) is 0 Å². The Labute approximate surface area is 81.4 Å². The lowest BCUT2D eigenvalue weighted by Gasteiger charge is -2.04. The van der Waals surface area contributed by atoms with Gasteiger partial charge in [-0.1, -0.05) is 0 Å². The fourth-order valence-electron chi connectivity index (χ4n) is 1.06. The number of hydrogen-bond donors (Lipinski definition) is 0. The maximum atomic E-state index is 11.2. The monoisotopic (exact) mass is 194 g/mol. The van der Waals surface area contributed by atoms with E-state index in [-0.39, 0.29) is 11.1 Å². The van der Waals surface area contributed by atoms with E-state index in [1.54, 1.807) is 6.07 Å². The van der Waals surface area contributed by atoms with Gasteiger partial charge in [-0.15, -0.1) is 0 Å². The summed E-state index contributed by atoms with van der Waals surface area (Å²) in [6.07, 6.45) is 0.592. The van der Waals surface area contributed by atoms with Crippen LogP contribution in [0.3, 0.4) is 0 Å². The zero-order valence-corrected chi connectivity index (χ0v) is 7.94. The fraction of sp³-hybridized carbons (Fsp3) is 0.200. The molecule has 0 saturated heterocycles. The van der Waals surface area contributed by atoms with E-state index in [1.165, 1.54) is 26.4 Å². The molecule has 0 unspecified atom stereocenters. The van der Waals surface area contributed by atoms with E-state index in [0.29, 0.717) is 12.0 Å². The zero-order chi connectivity index (χ0) is 10.6. The molecule has 0 aliphatic heterocycles. The number of aldehydes is 1. The molecule has 1 aromatic carbocycles. The van der Waals surface area contributed by atoms with E-state index in [2.05, 4.69) is 4.74 Å². The molecule has 74 valence electrons. The number of benzene rings is 1.